The van der Waals surface area contributed by atoms with E-state index in [1.807, 2.05) is 0 Å². The second-order valence-electron chi connectivity index (χ2n) is 2.96. The van der Waals surface area contributed by atoms with Crippen LogP contribution in [0.1, 0.15) is 0 Å². The van der Waals surface area contributed by atoms with Gasteiger partial charge in [0.05, 0.1) is 22.3 Å². The van der Waals surface area contributed by atoms with E-state index < -0.39 is 0 Å². The third-order valence-corrected chi connectivity index (χ3v) is 4.04. The number of carbonyl (C=O) groups is 1. The number of anilines is 1. The lowest BCUT2D eigenvalue weighted by molar-refractivity contribution is 0.253. The van der Waals surface area contributed by atoms with Crippen LogP contribution >= 0.6 is 55.1 Å². The van der Waals surface area contributed by atoms with E-state index in [1.54, 1.807) is 23.2 Å². The minimum atomic E-state index is -0.383. The first kappa shape index (κ1) is 14.8. The van der Waals surface area contributed by atoms with Crippen LogP contribution in [-0.4, -0.2) is 12.6 Å². The average molecular weight is 403 g/mol. The predicted octanol–water partition coefficient (Wildman–Crippen LogP) is 4.75. The minimum absolute atomic E-state index is 0.360. The van der Waals surface area contributed by atoms with Crippen molar-refractivity contribution in [2.45, 2.75) is 0 Å². The maximum absolute atomic E-state index is 11.5. The normalized spacial score (nSPS) is 11.2. The lowest BCUT2D eigenvalue weighted by atomic mass is 10.3. The molecule has 92 valence electrons. The zero-order chi connectivity index (χ0) is 12.8. The molecular formula is C10H8Br2Cl2N2O. The van der Waals surface area contributed by atoms with E-state index in [-0.39, 0.29) is 6.03 Å². The van der Waals surface area contributed by atoms with Gasteiger partial charge in [-0.3, -0.25) is 0 Å². The Morgan fingerprint density at radius 1 is 1.35 bits per heavy atom. The Hall–Kier alpha value is -0.230. The number of hydrogen-bond donors (Lipinski definition) is 2. The highest BCUT2D eigenvalue weighted by molar-refractivity contribution is 9.14. The van der Waals surface area contributed by atoms with Crippen LogP contribution in [0, 0.1) is 0 Å². The van der Waals surface area contributed by atoms with E-state index >= 15 is 0 Å². The highest BCUT2D eigenvalue weighted by Crippen LogP contribution is 2.29. The molecule has 7 heteroatoms. The van der Waals surface area contributed by atoms with Crippen molar-refractivity contribution in [2.24, 2.45) is 0 Å². The Morgan fingerprint density at radius 2 is 1.94 bits per heavy atom. The van der Waals surface area contributed by atoms with Crippen LogP contribution in [-0.2, 0) is 0 Å². The summed E-state index contributed by atoms with van der Waals surface area (Å²) in [6, 6.07) is 4.62. The number of hydrogen-bond acceptors (Lipinski definition) is 1. The van der Waals surface area contributed by atoms with Gasteiger partial charge in [0.25, 0.3) is 0 Å². The maximum Gasteiger partial charge on any atom is 0.319 e. The molecule has 0 spiro atoms. The van der Waals surface area contributed by atoms with Crippen molar-refractivity contribution in [1.29, 1.82) is 0 Å². The van der Waals surface area contributed by atoms with E-state index in [0.717, 1.165) is 4.48 Å². The molecule has 0 atom stereocenters. The first-order chi connectivity index (χ1) is 8.04. The second-order valence-corrected chi connectivity index (χ2v) is 5.25. The molecular weight excluding hydrogens is 395 g/mol. The summed E-state index contributed by atoms with van der Waals surface area (Å²) in [5, 5.41) is 5.99. The average Bonchev–Trinajstić information content (AvgIpc) is 2.31. The molecule has 0 bridgehead atoms. The summed E-state index contributed by atoms with van der Waals surface area (Å²) in [6.07, 6.45) is 0. The maximum atomic E-state index is 11.5. The number of urea groups is 1. The molecule has 0 aromatic heterocycles. The smallest absolute Gasteiger partial charge is 0.319 e. The zero-order valence-electron chi connectivity index (χ0n) is 8.44. The van der Waals surface area contributed by atoms with Crippen LogP contribution in [0.5, 0.6) is 0 Å². The largest absolute Gasteiger partial charge is 0.333 e. The summed E-state index contributed by atoms with van der Waals surface area (Å²) in [6.45, 7) is 0.360. The minimum Gasteiger partial charge on any atom is -0.333 e. The second kappa shape index (κ2) is 7.26. The van der Waals surface area contributed by atoms with Crippen LogP contribution in [0.3, 0.4) is 0 Å². The molecule has 0 fully saturated rings. The van der Waals surface area contributed by atoms with Crippen LogP contribution < -0.4 is 10.6 Å². The van der Waals surface area contributed by atoms with Crippen LogP contribution in [0.2, 0.25) is 10.0 Å². The van der Waals surface area contributed by atoms with E-state index in [0.29, 0.717) is 22.3 Å². The Kier molecular flexibility index (Phi) is 6.33. The molecule has 2 amide bonds. The van der Waals surface area contributed by atoms with E-state index in [9.17, 15) is 4.79 Å². The van der Waals surface area contributed by atoms with Crippen molar-refractivity contribution in [1.82, 2.24) is 5.32 Å². The van der Waals surface area contributed by atoms with Crippen molar-refractivity contribution in [3.63, 3.8) is 0 Å². The molecule has 1 aromatic rings. The number of carbonyl (C=O) groups excluding carboxylic acids is 1. The zero-order valence-corrected chi connectivity index (χ0v) is 13.1. The highest BCUT2D eigenvalue weighted by Gasteiger charge is 2.08. The van der Waals surface area contributed by atoms with Gasteiger partial charge in [-0.2, -0.15) is 0 Å². The van der Waals surface area contributed by atoms with Gasteiger partial charge in [-0.1, -0.05) is 61.1 Å². The lowest BCUT2D eigenvalue weighted by Gasteiger charge is -2.10. The molecule has 3 nitrogen and oxygen atoms in total. The fraction of sp³-hybridized carbons (Fsp3) is 0.100. The van der Waals surface area contributed by atoms with Gasteiger partial charge in [0, 0.05) is 4.48 Å². The molecule has 0 aliphatic carbocycles. The first-order valence-electron chi connectivity index (χ1n) is 4.48. The van der Waals surface area contributed by atoms with E-state index in [1.165, 1.54) is 0 Å². The molecule has 0 unspecified atom stereocenters. The van der Waals surface area contributed by atoms with Crippen molar-refractivity contribution >= 4 is 66.8 Å². The van der Waals surface area contributed by atoms with Gasteiger partial charge in [0.2, 0.25) is 0 Å². The monoisotopic (exact) mass is 400 g/mol. The van der Waals surface area contributed by atoms with E-state index in [4.69, 9.17) is 23.2 Å². The molecule has 17 heavy (non-hydrogen) atoms. The number of para-hydroxylation sites is 1. The number of amides is 2. The quantitative estimate of drug-likeness (QED) is 0.752. The molecule has 0 saturated heterocycles. The first-order valence-corrected chi connectivity index (χ1v) is 6.94. The standard InChI is InChI=1S/C10H8Br2Cl2N2O/c11-4-6(12)5-15-10(17)16-9-7(13)2-1-3-8(9)14/h1-4H,5H2,(H2,15,16,17). The summed E-state index contributed by atoms with van der Waals surface area (Å²) in [4.78, 5) is 13.2. The molecule has 1 rings (SSSR count). The molecule has 1 aromatic carbocycles. The number of rotatable bonds is 3. The number of benzene rings is 1. The summed E-state index contributed by atoms with van der Waals surface area (Å²) in [5.41, 5.74) is 0.396. The van der Waals surface area contributed by atoms with Gasteiger partial charge < -0.3 is 10.6 Å². The van der Waals surface area contributed by atoms with Crippen LogP contribution in [0.15, 0.2) is 27.7 Å². The molecule has 0 saturated carbocycles. The molecule has 0 aliphatic rings. The van der Waals surface area contributed by atoms with Gasteiger partial charge in [0.1, 0.15) is 0 Å². The summed E-state index contributed by atoms with van der Waals surface area (Å²) >= 11 is 18.2. The number of nitrogens with one attached hydrogen (secondary N) is 2. The fourth-order valence-corrected chi connectivity index (χ4v) is 1.77. The summed E-state index contributed by atoms with van der Waals surface area (Å²) in [5.74, 6) is 0. The van der Waals surface area contributed by atoms with Crippen LogP contribution in [0.25, 0.3) is 0 Å². The van der Waals surface area contributed by atoms with Gasteiger partial charge in [-0.15, -0.1) is 0 Å². The van der Waals surface area contributed by atoms with Crippen molar-refractivity contribution < 1.29 is 4.79 Å². The molecule has 0 radical (unpaired) electrons. The Morgan fingerprint density at radius 3 is 2.47 bits per heavy atom. The highest BCUT2D eigenvalue weighted by atomic mass is 79.9. The summed E-state index contributed by atoms with van der Waals surface area (Å²) < 4.78 is 0.804. The lowest BCUT2D eigenvalue weighted by Crippen LogP contribution is -2.29. The van der Waals surface area contributed by atoms with Gasteiger partial charge in [-0.05, 0) is 17.1 Å². The van der Waals surface area contributed by atoms with E-state index in [2.05, 4.69) is 42.5 Å². The van der Waals surface area contributed by atoms with Gasteiger partial charge in [0.15, 0.2) is 0 Å². The van der Waals surface area contributed by atoms with Gasteiger partial charge >= 0.3 is 6.03 Å². The van der Waals surface area contributed by atoms with Crippen molar-refractivity contribution in [3.05, 3.63) is 37.7 Å². The van der Waals surface area contributed by atoms with Crippen molar-refractivity contribution in [3.8, 4) is 0 Å². The third kappa shape index (κ3) is 4.87. The van der Waals surface area contributed by atoms with Crippen molar-refractivity contribution in [2.75, 3.05) is 11.9 Å². The molecule has 0 aliphatic heterocycles. The fourth-order valence-electron chi connectivity index (χ4n) is 0.978. The topological polar surface area (TPSA) is 41.1 Å². The van der Waals surface area contributed by atoms with Gasteiger partial charge in [-0.25, -0.2) is 4.79 Å². The Balaban J connectivity index is 2.62. The Labute approximate surface area is 126 Å². The Bertz CT molecular complexity index is 432. The van der Waals surface area contributed by atoms with Crippen LogP contribution in [0.4, 0.5) is 10.5 Å². The predicted molar refractivity (Wildman–Crippen MR) is 79.4 cm³/mol. The number of halogens is 4. The summed E-state index contributed by atoms with van der Waals surface area (Å²) in [7, 11) is 0. The third-order valence-electron chi connectivity index (χ3n) is 1.74. The molecule has 2 N–H and O–H groups in total. The molecule has 0 heterocycles. The SMILES string of the molecule is O=C(NCC(Br)=CBr)Nc1c(Cl)cccc1Cl.